The van der Waals surface area contributed by atoms with Crippen LogP contribution in [0.3, 0.4) is 0 Å². The van der Waals surface area contributed by atoms with Crippen LogP contribution in [0, 0.1) is 0 Å². The van der Waals surface area contributed by atoms with Gasteiger partial charge in [0.15, 0.2) is 5.15 Å². The van der Waals surface area contributed by atoms with Gasteiger partial charge in [-0.05, 0) is 48.6 Å². The SMILES string of the molecule is COc1cc(C2CC2)cc2c1c(=O)[nH]c(=O)n2-c1cccnc1Cl. The maximum atomic E-state index is 12.5. The summed E-state index contributed by atoms with van der Waals surface area (Å²) in [6, 6.07) is 7.11. The van der Waals surface area contributed by atoms with Crippen molar-refractivity contribution in [3.05, 3.63) is 62.0 Å². The van der Waals surface area contributed by atoms with Gasteiger partial charge in [-0.1, -0.05) is 11.6 Å². The van der Waals surface area contributed by atoms with Crippen LogP contribution in [0.5, 0.6) is 5.75 Å². The van der Waals surface area contributed by atoms with E-state index >= 15 is 0 Å². The summed E-state index contributed by atoms with van der Waals surface area (Å²) in [4.78, 5) is 31.2. The lowest BCUT2D eigenvalue weighted by atomic mass is 10.1. The van der Waals surface area contributed by atoms with E-state index in [2.05, 4.69) is 9.97 Å². The van der Waals surface area contributed by atoms with Gasteiger partial charge in [0.1, 0.15) is 11.1 Å². The lowest BCUT2D eigenvalue weighted by molar-refractivity contribution is 0.418. The molecule has 7 heteroatoms. The van der Waals surface area contributed by atoms with E-state index in [4.69, 9.17) is 16.3 Å². The number of fused-ring (bicyclic) bond motifs is 1. The largest absolute Gasteiger partial charge is 0.496 e. The van der Waals surface area contributed by atoms with Gasteiger partial charge < -0.3 is 4.74 Å². The van der Waals surface area contributed by atoms with E-state index < -0.39 is 11.2 Å². The molecule has 24 heavy (non-hydrogen) atoms. The van der Waals surface area contributed by atoms with Gasteiger partial charge in [0.2, 0.25) is 0 Å². The molecule has 1 aliphatic rings. The number of aromatic amines is 1. The van der Waals surface area contributed by atoms with Crippen LogP contribution < -0.4 is 16.0 Å². The Bertz CT molecular complexity index is 1070. The number of ether oxygens (including phenoxy) is 1. The maximum Gasteiger partial charge on any atom is 0.333 e. The maximum absolute atomic E-state index is 12.5. The molecule has 1 saturated carbocycles. The molecule has 1 fully saturated rings. The molecule has 2 aromatic heterocycles. The number of benzene rings is 1. The molecule has 122 valence electrons. The lowest BCUT2D eigenvalue weighted by Gasteiger charge is -2.14. The first-order valence-corrected chi connectivity index (χ1v) is 7.96. The number of nitrogens with one attached hydrogen (secondary N) is 1. The summed E-state index contributed by atoms with van der Waals surface area (Å²) in [5, 5.41) is 0.505. The fourth-order valence-electron chi connectivity index (χ4n) is 2.95. The van der Waals surface area contributed by atoms with Gasteiger partial charge in [-0.25, -0.2) is 9.78 Å². The predicted molar refractivity (Wildman–Crippen MR) is 91.5 cm³/mol. The zero-order chi connectivity index (χ0) is 16.8. The monoisotopic (exact) mass is 343 g/mol. The molecule has 1 aliphatic carbocycles. The van der Waals surface area contributed by atoms with Crippen LogP contribution in [0.25, 0.3) is 16.6 Å². The van der Waals surface area contributed by atoms with Gasteiger partial charge in [0.05, 0.1) is 18.3 Å². The number of hydrogen-bond acceptors (Lipinski definition) is 4. The zero-order valence-electron chi connectivity index (χ0n) is 12.9. The van der Waals surface area contributed by atoms with Gasteiger partial charge >= 0.3 is 5.69 Å². The smallest absolute Gasteiger partial charge is 0.333 e. The summed E-state index contributed by atoms with van der Waals surface area (Å²) in [6.45, 7) is 0. The summed E-state index contributed by atoms with van der Waals surface area (Å²) in [7, 11) is 1.51. The van der Waals surface area contributed by atoms with E-state index in [1.54, 1.807) is 18.3 Å². The van der Waals surface area contributed by atoms with Crippen molar-refractivity contribution in [2.45, 2.75) is 18.8 Å². The van der Waals surface area contributed by atoms with Gasteiger partial charge in [0.25, 0.3) is 5.56 Å². The highest BCUT2D eigenvalue weighted by molar-refractivity contribution is 6.31. The van der Waals surface area contributed by atoms with Gasteiger partial charge in [0, 0.05) is 6.20 Å². The zero-order valence-corrected chi connectivity index (χ0v) is 13.6. The first-order chi connectivity index (χ1) is 11.6. The second-order valence-electron chi connectivity index (χ2n) is 5.80. The molecule has 0 radical (unpaired) electrons. The molecule has 0 atom stereocenters. The standard InChI is InChI=1S/C17H14ClN3O3/c1-24-13-8-10(9-4-5-9)7-12-14(13)16(22)20-17(23)21(12)11-3-2-6-19-15(11)18/h2-3,6-9H,4-5H2,1H3,(H,20,22,23). The highest BCUT2D eigenvalue weighted by Gasteiger charge is 2.26. The second kappa shape index (κ2) is 5.49. The molecule has 1 aromatic carbocycles. The van der Waals surface area contributed by atoms with Gasteiger partial charge in [-0.2, -0.15) is 0 Å². The van der Waals surface area contributed by atoms with Crippen LogP contribution in [0.15, 0.2) is 40.1 Å². The quantitative estimate of drug-likeness (QED) is 0.742. The molecule has 0 spiro atoms. The van der Waals surface area contributed by atoms with Crippen molar-refractivity contribution in [1.82, 2.24) is 14.5 Å². The van der Waals surface area contributed by atoms with Crippen molar-refractivity contribution in [3.63, 3.8) is 0 Å². The Morgan fingerprint density at radius 2 is 2.12 bits per heavy atom. The third-order valence-electron chi connectivity index (χ3n) is 4.24. The molecule has 6 nitrogen and oxygen atoms in total. The molecule has 1 N–H and O–H groups in total. The topological polar surface area (TPSA) is 77.0 Å². The molecule has 0 bridgehead atoms. The lowest BCUT2D eigenvalue weighted by Crippen LogP contribution is -2.30. The first kappa shape index (κ1) is 15.0. The van der Waals surface area contributed by atoms with Gasteiger partial charge in [-0.3, -0.25) is 14.3 Å². The van der Waals surface area contributed by atoms with Crippen molar-refractivity contribution in [3.8, 4) is 11.4 Å². The minimum Gasteiger partial charge on any atom is -0.496 e. The van der Waals surface area contributed by atoms with Crippen molar-refractivity contribution in [1.29, 1.82) is 0 Å². The minimum absolute atomic E-state index is 0.184. The van der Waals surface area contributed by atoms with Crippen LogP contribution in [0.2, 0.25) is 5.15 Å². The Kier molecular flexibility index (Phi) is 3.42. The average Bonchev–Trinajstić information content (AvgIpc) is 3.40. The highest BCUT2D eigenvalue weighted by Crippen LogP contribution is 2.42. The van der Waals surface area contributed by atoms with Crippen molar-refractivity contribution in [2.24, 2.45) is 0 Å². The van der Waals surface area contributed by atoms with Crippen LogP contribution in [0.1, 0.15) is 24.3 Å². The molecule has 4 rings (SSSR count). The Balaban J connectivity index is 2.17. The van der Waals surface area contributed by atoms with E-state index in [9.17, 15) is 9.59 Å². The van der Waals surface area contributed by atoms with E-state index in [1.807, 2.05) is 12.1 Å². The predicted octanol–water partition coefficient (Wildman–Crippen LogP) is 2.61. The third-order valence-corrected chi connectivity index (χ3v) is 4.54. The molecular formula is C17H14ClN3O3. The normalized spacial score (nSPS) is 14.1. The molecular weight excluding hydrogens is 330 g/mol. The Labute approximate surface area is 141 Å². The van der Waals surface area contributed by atoms with E-state index in [0.717, 1.165) is 18.4 Å². The highest BCUT2D eigenvalue weighted by atomic mass is 35.5. The van der Waals surface area contributed by atoms with Crippen LogP contribution in [-0.2, 0) is 0 Å². The average molecular weight is 344 g/mol. The summed E-state index contributed by atoms with van der Waals surface area (Å²) < 4.78 is 6.78. The summed E-state index contributed by atoms with van der Waals surface area (Å²) in [5.74, 6) is 0.889. The fourth-order valence-corrected chi connectivity index (χ4v) is 3.15. The van der Waals surface area contributed by atoms with Crippen molar-refractivity contribution >= 4 is 22.5 Å². The summed E-state index contributed by atoms with van der Waals surface area (Å²) in [6.07, 6.45) is 3.73. The number of aromatic nitrogens is 3. The number of H-pyrrole nitrogens is 1. The number of rotatable bonds is 3. The third kappa shape index (κ3) is 2.30. The van der Waals surface area contributed by atoms with Crippen LogP contribution >= 0.6 is 11.6 Å². The molecule has 0 saturated heterocycles. The number of nitrogens with zero attached hydrogens (tertiary/aromatic N) is 2. The molecule has 0 aliphatic heterocycles. The van der Waals surface area contributed by atoms with Crippen molar-refractivity contribution in [2.75, 3.05) is 7.11 Å². The Morgan fingerprint density at radius 1 is 1.33 bits per heavy atom. The number of methoxy groups -OCH3 is 1. The van der Waals surface area contributed by atoms with Crippen molar-refractivity contribution < 1.29 is 4.74 Å². The second-order valence-corrected chi connectivity index (χ2v) is 6.16. The van der Waals surface area contributed by atoms with E-state index in [0.29, 0.717) is 28.3 Å². The molecule has 2 heterocycles. The minimum atomic E-state index is -0.558. The fraction of sp³-hybridized carbons (Fsp3) is 0.235. The summed E-state index contributed by atoms with van der Waals surface area (Å²) in [5.41, 5.74) is 0.904. The van der Waals surface area contributed by atoms with E-state index in [-0.39, 0.29) is 5.15 Å². The number of pyridine rings is 1. The van der Waals surface area contributed by atoms with E-state index in [1.165, 1.54) is 11.7 Å². The molecule has 0 amide bonds. The molecule has 0 unspecified atom stereocenters. The summed E-state index contributed by atoms with van der Waals surface area (Å²) >= 11 is 6.17. The first-order valence-electron chi connectivity index (χ1n) is 7.58. The number of halogens is 1. The molecule has 3 aromatic rings. The van der Waals surface area contributed by atoms with Crippen LogP contribution in [-0.4, -0.2) is 21.6 Å². The number of hydrogen-bond donors (Lipinski definition) is 1. The van der Waals surface area contributed by atoms with Crippen LogP contribution in [0.4, 0.5) is 0 Å². The van der Waals surface area contributed by atoms with Gasteiger partial charge in [-0.15, -0.1) is 0 Å². The Morgan fingerprint density at radius 3 is 2.79 bits per heavy atom. The Hall–Kier alpha value is -2.60.